The molecule has 10 nitrogen and oxygen atoms in total. The number of hydrogen-bond donors (Lipinski definition) is 1. The van der Waals surface area contributed by atoms with Crippen molar-refractivity contribution in [1.29, 1.82) is 5.26 Å². The minimum absolute atomic E-state index is 0.00846. The summed E-state index contributed by atoms with van der Waals surface area (Å²) in [7, 11) is -1.93. The highest BCUT2D eigenvalue weighted by molar-refractivity contribution is 7.92. The van der Waals surface area contributed by atoms with Crippen LogP contribution in [-0.4, -0.2) is 49.1 Å². The molecule has 0 aliphatic carbocycles. The Morgan fingerprint density at radius 2 is 1.89 bits per heavy atom. The van der Waals surface area contributed by atoms with Crippen molar-refractivity contribution in [2.45, 2.75) is 17.3 Å². The van der Waals surface area contributed by atoms with Crippen LogP contribution in [0.5, 0.6) is 11.5 Å². The molecular weight excluding hydrogens is 514 g/mol. The van der Waals surface area contributed by atoms with Crippen molar-refractivity contribution in [2.24, 2.45) is 0 Å². The summed E-state index contributed by atoms with van der Waals surface area (Å²) >= 11 is 0.719. The van der Waals surface area contributed by atoms with E-state index < -0.39 is 15.7 Å². The van der Waals surface area contributed by atoms with E-state index in [9.17, 15) is 18.5 Å². The number of nitrogens with one attached hydrogen (secondary N) is 1. The van der Waals surface area contributed by atoms with Gasteiger partial charge in [-0.3, -0.25) is 10.1 Å². The fourth-order valence-corrected chi connectivity index (χ4v) is 5.05. The Labute approximate surface area is 217 Å². The molecule has 37 heavy (non-hydrogen) atoms. The topological polar surface area (TPSA) is 136 Å². The van der Waals surface area contributed by atoms with E-state index in [0.29, 0.717) is 18.7 Å². The molecule has 0 radical (unpaired) electrons. The van der Waals surface area contributed by atoms with Gasteiger partial charge in [-0.25, -0.2) is 8.42 Å². The minimum atomic E-state index is -3.55. The second-order valence-corrected chi connectivity index (χ2v) is 11.1. The second kappa shape index (κ2) is 11.2. The summed E-state index contributed by atoms with van der Waals surface area (Å²) in [5.41, 5.74) is 1.51. The summed E-state index contributed by atoms with van der Waals surface area (Å²) in [6, 6.07) is 17.0. The Bertz CT molecular complexity index is 1600. The number of aromatic nitrogens is 3. The van der Waals surface area contributed by atoms with Crippen molar-refractivity contribution in [2.75, 3.05) is 25.3 Å². The van der Waals surface area contributed by atoms with Crippen molar-refractivity contribution in [1.82, 2.24) is 14.8 Å². The number of nitriles is 1. The smallest absolute Gasteiger partial charge is 0.268 e. The molecule has 0 fully saturated rings. The predicted molar refractivity (Wildman–Crippen MR) is 140 cm³/mol. The first-order valence-corrected chi connectivity index (χ1v) is 13.8. The second-order valence-electron chi connectivity index (χ2n) is 7.94. The standard InChI is InChI=1S/C25H23N5O5S2/c1-34-19-8-10-20(11-9-19)35-13-5-12-30-16-18(21-6-3-4-7-22(21)30)14-17(15-26)23(31)27-24-28-29-25(36-24)37(2,32)33/h3-4,6-11,14,16H,5,12-13H2,1-2H3,(H,27,28,31). The van der Waals surface area contributed by atoms with E-state index in [2.05, 4.69) is 20.1 Å². The average molecular weight is 538 g/mol. The summed E-state index contributed by atoms with van der Waals surface area (Å²) < 4.78 is 36.0. The molecule has 2 heterocycles. The van der Waals surface area contributed by atoms with E-state index >= 15 is 0 Å². The first-order valence-electron chi connectivity index (χ1n) is 11.1. The van der Waals surface area contributed by atoms with Crippen LogP contribution in [0, 0.1) is 11.3 Å². The molecule has 4 rings (SSSR count). The van der Waals surface area contributed by atoms with Gasteiger partial charge in [0.2, 0.25) is 19.3 Å². The highest BCUT2D eigenvalue weighted by Gasteiger charge is 2.18. The third kappa shape index (κ3) is 6.32. The molecule has 2 aromatic heterocycles. The zero-order valence-corrected chi connectivity index (χ0v) is 21.7. The number of fused-ring (bicyclic) bond motifs is 1. The third-order valence-electron chi connectivity index (χ3n) is 5.30. The largest absolute Gasteiger partial charge is 0.497 e. The zero-order valence-electron chi connectivity index (χ0n) is 20.0. The third-order valence-corrected chi connectivity index (χ3v) is 7.81. The molecule has 0 aliphatic heterocycles. The lowest BCUT2D eigenvalue weighted by Gasteiger charge is -2.08. The van der Waals surface area contributed by atoms with Gasteiger partial charge in [-0.1, -0.05) is 29.5 Å². The number of anilines is 1. The maximum Gasteiger partial charge on any atom is 0.268 e. The van der Waals surface area contributed by atoms with Crippen LogP contribution < -0.4 is 14.8 Å². The minimum Gasteiger partial charge on any atom is -0.497 e. The number of amides is 1. The van der Waals surface area contributed by atoms with Crippen LogP contribution >= 0.6 is 11.3 Å². The Kier molecular flexibility index (Phi) is 7.86. The number of para-hydroxylation sites is 1. The fraction of sp³-hybridized carbons (Fsp3) is 0.200. The predicted octanol–water partition coefficient (Wildman–Crippen LogP) is 3.92. The van der Waals surface area contributed by atoms with Crippen molar-refractivity contribution in [3.63, 3.8) is 0 Å². The molecule has 12 heteroatoms. The van der Waals surface area contributed by atoms with E-state index in [-0.39, 0.29) is 15.0 Å². The number of carbonyl (C=O) groups is 1. The monoisotopic (exact) mass is 537 g/mol. The van der Waals surface area contributed by atoms with Gasteiger partial charge in [-0.15, -0.1) is 10.2 Å². The Balaban J connectivity index is 1.47. The number of methoxy groups -OCH3 is 1. The summed E-state index contributed by atoms with van der Waals surface area (Å²) in [5, 5.41) is 20.2. The van der Waals surface area contributed by atoms with Gasteiger partial charge >= 0.3 is 0 Å². The van der Waals surface area contributed by atoms with E-state index in [0.717, 1.165) is 46.4 Å². The number of carbonyl (C=O) groups excluding carboxylic acids is 1. The molecule has 0 saturated carbocycles. The molecular formula is C25H23N5O5S2. The fourth-order valence-electron chi connectivity index (χ4n) is 3.55. The van der Waals surface area contributed by atoms with Gasteiger partial charge in [0.15, 0.2) is 0 Å². The molecule has 4 aromatic rings. The molecule has 0 atom stereocenters. The molecule has 1 N–H and O–H groups in total. The van der Waals surface area contributed by atoms with E-state index in [1.807, 2.05) is 60.8 Å². The Morgan fingerprint density at radius 3 is 2.57 bits per heavy atom. The maximum atomic E-state index is 12.7. The van der Waals surface area contributed by atoms with Crippen molar-refractivity contribution < 1.29 is 22.7 Å². The quantitative estimate of drug-likeness (QED) is 0.139. The molecule has 0 unspecified atom stereocenters. The molecule has 0 spiro atoms. The van der Waals surface area contributed by atoms with Gasteiger partial charge in [-0.05, 0) is 42.8 Å². The highest BCUT2D eigenvalue weighted by Crippen LogP contribution is 2.25. The molecule has 0 aliphatic rings. The summed E-state index contributed by atoms with van der Waals surface area (Å²) in [6.45, 7) is 1.17. The Morgan fingerprint density at radius 1 is 1.16 bits per heavy atom. The van der Waals surface area contributed by atoms with Crippen LogP contribution in [0.15, 0.2) is 64.6 Å². The number of ether oxygens (including phenoxy) is 2. The van der Waals surface area contributed by atoms with Crippen molar-refractivity contribution in [3.8, 4) is 17.6 Å². The van der Waals surface area contributed by atoms with E-state index in [4.69, 9.17) is 9.47 Å². The number of hydrogen-bond acceptors (Lipinski definition) is 9. The molecule has 0 saturated heterocycles. The van der Waals surface area contributed by atoms with Crippen LogP contribution in [0.25, 0.3) is 17.0 Å². The maximum absolute atomic E-state index is 12.7. The van der Waals surface area contributed by atoms with Crippen LogP contribution in [-0.2, 0) is 21.2 Å². The lowest BCUT2D eigenvalue weighted by atomic mass is 10.1. The molecule has 190 valence electrons. The van der Waals surface area contributed by atoms with Crippen LogP contribution in [0.4, 0.5) is 5.13 Å². The summed E-state index contributed by atoms with van der Waals surface area (Å²) in [5.74, 6) is 0.813. The van der Waals surface area contributed by atoms with Crippen LogP contribution in [0.1, 0.15) is 12.0 Å². The SMILES string of the molecule is COc1ccc(OCCCn2cc(C=C(C#N)C(=O)Nc3nnc(S(C)(=O)=O)s3)c3ccccc32)cc1. The lowest BCUT2D eigenvalue weighted by molar-refractivity contribution is -0.112. The molecule has 2 aromatic carbocycles. The number of nitrogens with zero attached hydrogens (tertiary/aromatic N) is 4. The van der Waals surface area contributed by atoms with Gasteiger partial charge in [0.1, 0.15) is 23.1 Å². The van der Waals surface area contributed by atoms with Gasteiger partial charge < -0.3 is 14.0 Å². The number of sulfone groups is 1. The normalized spacial score (nSPS) is 11.8. The molecule has 0 bridgehead atoms. The highest BCUT2D eigenvalue weighted by atomic mass is 32.2. The molecule has 1 amide bonds. The summed E-state index contributed by atoms with van der Waals surface area (Å²) in [4.78, 5) is 12.7. The average Bonchev–Trinajstić information content (AvgIpc) is 3.50. The number of benzene rings is 2. The van der Waals surface area contributed by atoms with Crippen LogP contribution in [0.2, 0.25) is 0 Å². The van der Waals surface area contributed by atoms with Crippen molar-refractivity contribution >= 4 is 49.2 Å². The number of aryl methyl sites for hydroxylation is 1. The first-order chi connectivity index (χ1) is 17.8. The lowest BCUT2D eigenvalue weighted by Crippen LogP contribution is -2.13. The van der Waals surface area contributed by atoms with Gasteiger partial charge in [-0.2, -0.15) is 5.26 Å². The Hall–Kier alpha value is -4.21. The summed E-state index contributed by atoms with van der Waals surface area (Å²) in [6.07, 6.45) is 5.12. The van der Waals surface area contributed by atoms with E-state index in [1.165, 1.54) is 6.08 Å². The van der Waals surface area contributed by atoms with Gasteiger partial charge in [0.25, 0.3) is 5.91 Å². The number of rotatable bonds is 10. The van der Waals surface area contributed by atoms with Crippen molar-refractivity contribution in [3.05, 3.63) is 65.9 Å². The zero-order chi connectivity index (χ0) is 26.4. The van der Waals surface area contributed by atoms with E-state index in [1.54, 1.807) is 7.11 Å². The first kappa shape index (κ1) is 25.9. The van der Waals surface area contributed by atoms with Gasteiger partial charge in [0, 0.05) is 35.5 Å². The van der Waals surface area contributed by atoms with Crippen LogP contribution in [0.3, 0.4) is 0 Å². The van der Waals surface area contributed by atoms with Gasteiger partial charge in [0.05, 0.1) is 13.7 Å².